The summed E-state index contributed by atoms with van der Waals surface area (Å²) < 4.78 is 28.6. The summed E-state index contributed by atoms with van der Waals surface area (Å²) in [5.74, 6) is 0.305. The van der Waals surface area contributed by atoms with E-state index in [0.29, 0.717) is 32.6 Å². The average Bonchev–Trinajstić information content (AvgIpc) is 2.69. The van der Waals surface area contributed by atoms with Crippen LogP contribution in [0.4, 0.5) is 4.79 Å². The predicted molar refractivity (Wildman–Crippen MR) is 102 cm³/mol. The number of carbonyl (C=O) groups is 1. The molecule has 0 saturated carbocycles. The molecule has 2 saturated heterocycles. The van der Waals surface area contributed by atoms with E-state index < -0.39 is 9.84 Å². The Balaban J connectivity index is 1.60. The fourth-order valence-corrected chi connectivity index (χ4v) is 5.09. The number of hydrogen-bond donors (Lipinski definition) is 1. The molecule has 8 nitrogen and oxygen atoms in total. The molecule has 0 radical (unpaired) electrons. The first-order chi connectivity index (χ1) is 13.0. The van der Waals surface area contributed by atoms with Crippen LogP contribution in [0, 0.1) is 0 Å². The third-order valence-electron chi connectivity index (χ3n) is 5.35. The molecule has 27 heavy (non-hydrogen) atoms. The third-order valence-corrected chi connectivity index (χ3v) is 7.07. The number of sulfone groups is 1. The molecule has 1 aromatic heterocycles. The highest BCUT2D eigenvalue weighted by molar-refractivity contribution is 7.91. The highest BCUT2D eigenvalue weighted by atomic mass is 32.2. The zero-order chi connectivity index (χ0) is 19.3. The molecular formula is C18H28N4O4S. The number of aromatic nitrogens is 1. The van der Waals surface area contributed by atoms with Gasteiger partial charge in [-0.1, -0.05) is 6.07 Å². The van der Waals surface area contributed by atoms with Gasteiger partial charge >= 0.3 is 6.03 Å². The molecule has 1 N–H and O–H groups in total. The van der Waals surface area contributed by atoms with E-state index >= 15 is 0 Å². The van der Waals surface area contributed by atoms with Gasteiger partial charge in [-0.2, -0.15) is 0 Å². The maximum absolute atomic E-state index is 12.6. The van der Waals surface area contributed by atoms with Gasteiger partial charge in [0.15, 0.2) is 0 Å². The summed E-state index contributed by atoms with van der Waals surface area (Å²) in [6.07, 6.45) is 2.76. The number of rotatable bonds is 5. The van der Waals surface area contributed by atoms with Gasteiger partial charge in [0.25, 0.3) is 0 Å². The van der Waals surface area contributed by atoms with Crippen LogP contribution in [0.15, 0.2) is 24.4 Å². The second-order valence-electron chi connectivity index (χ2n) is 7.10. The fourth-order valence-electron chi connectivity index (χ4n) is 3.62. The molecule has 0 spiro atoms. The quantitative estimate of drug-likeness (QED) is 0.787. The lowest BCUT2D eigenvalue weighted by atomic mass is 10.1. The van der Waals surface area contributed by atoms with Crippen LogP contribution in [0.3, 0.4) is 0 Å². The van der Waals surface area contributed by atoms with Crippen LogP contribution in [0.1, 0.15) is 24.6 Å². The van der Waals surface area contributed by atoms with Crippen molar-refractivity contribution >= 4 is 15.9 Å². The standard InChI is InChI=1S/C18H28N4O4S/c1-21(15-5-12-27(24,25)13-6-15)18(23)20-14-17(16-4-2-3-7-19-16)22-8-10-26-11-9-22/h2-4,7,15,17H,5-6,8-14H2,1H3,(H,20,23)/t17-/m0/s1. The Hall–Kier alpha value is -1.71. The molecule has 0 bridgehead atoms. The van der Waals surface area contributed by atoms with Crippen LogP contribution in [-0.4, -0.2) is 86.7 Å². The number of ether oxygens (including phenoxy) is 1. The zero-order valence-corrected chi connectivity index (χ0v) is 16.5. The second kappa shape index (κ2) is 8.99. The summed E-state index contributed by atoms with van der Waals surface area (Å²) in [4.78, 5) is 21.0. The Bertz CT molecular complexity index is 708. The number of morpholine rings is 1. The lowest BCUT2D eigenvalue weighted by Gasteiger charge is -2.35. The summed E-state index contributed by atoms with van der Waals surface area (Å²) in [6.45, 7) is 3.40. The molecule has 2 fully saturated rings. The lowest BCUT2D eigenvalue weighted by molar-refractivity contribution is 0.0156. The van der Waals surface area contributed by atoms with Gasteiger partial charge in [-0.15, -0.1) is 0 Å². The van der Waals surface area contributed by atoms with Crippen molar-refractivity contribution in [2.24, 2.45) is 0 Å². The lowest BCUT2D eigenvalue weighted by Crippen LogP contribution is -2.49. The number of carbonyl (C=O) groups excluding carboxylic acids is 1. The number of nitrogens with zero attached hydrogens (tertiary/aromatic N) is 3. The smallest absolute Gasteiger partial charge is 0.317 e. The van der Waals surface area contributed by atoms with E-state index in [-0.39, 0.29) is 29.6 Å². The van der Waals surface area contributed by atoms with Crippen molar-refractivity contribution in [1.82, 2.24) is 20.1 Å². The van der Waals surface area contributed by atoms with E-state index in [9.17, 15) is 13.2 Å². The number of amides is 2. The van der Waals surface area contributed by atoms with Crippen LogP contribution >= 0.6 is 0 Å². The van der Waals surface area contributed by atoms with E-state index in [1.165, 1.54) is 0 Å². The van der Waals surface area contributed by atoms with E-state index in [1.807, 2.05) is 18.2 Å². The number of urea groups is 1. The molecule has 2 aliphatic rings. The summed E-state index contributed by atoms with van der Waals surface area (Å²) >= 11 is 0. The van der Waals surface area contributed by atoms with Crippen molar-refractivity contribution in [1.29, 1.82) is 0 Å². The highest BCUT2D eigenvalue weighted by Crippen LogP contribution is 2.20. The first-order valence-corrected chi connectivity index (χ1v) is 11.2. The van der Waals surface area contributed by atoms with Crippen molar-refractivity contribution in [3.8, 4) is 0 Å². The first kappa shape index (κ1) is 20.0. The molecule has 0 aromatic carbocycles. The first-order valence-electron chi connectivity index (χ1n) is 9.40. The molecule has 2 aliphatic heterocycles. The molecule has 3 rings (SSSR count). The van der Waals surface area contributed by atoms with Crippen LogP contribution in [0.25, 0.3) is 0 Å². The Kier molecular flexibility index (Phi) is 6.67. The Labute approximate surface area is 160 Å². The van der Waals surface area contributed by atoms with Crippen LogP contribution in [-0.2, 0) is 14.6 Å². The van der Waals surface area contributed by atoms with E-state index in [4.69, 9.17) is 4.74 Å². The summed E-state index contributed by atoms with van der Waals surface area (Å²) in [5, 5.41) is 3.01. The summed E-state index contributed by atoms with van der Waals surface area (Å²) in [6, 6.07) is 5.58. The van der Waals surface area contributed by atoms with E-state index in [1.54, 1.807) is 18.1 Å². The predicted octanol–water partition coefficient (Wildman–Crippen LogP) is 0.674. The van der Waals surface area contributed by atoms with E-state index in [0.717, 1.165) is 18.8 Å². The van der Waals surface area contributed by atoms with Gasteiger partial charge in [0.05, 0.1) is 36.5 Å². The Morgan fingerprint density at radius 1 is 1.33 bits per heavy atom. The molecule has 1 aromatic rings. The summed E-state index contributed by atoms with van der Waals surface area (Å²) in [7, 11) is -1.20. The van der Waals surface area contributed by atoms with Crippen molar-refractivity contribution in [3.63, 3.8) is 0 Å². The molecule has 3 heterocycles. The maximum Gasteiger partial charge on any atom is 0.317 e. The number of hydrogen-bond acceptors (Lipinski definition) is 6. The van der Waals surface area contributed by atoms with Gasteiger partial charge in [-0.25, -0.2) is 13.2 Å². The Morgan fingerprint density at radius 3 is 2.67 bits per heavy atom. The third kappa shape index (κ3) is 5.40. The highest BCUT2D eigenvalue weighted by Gasteiger charge is 2.29. The number of nitrogens with one attached hydrogen (secondary N) is 1. The van der Waals surface area contributed by atoms with Gasteiger partial charge in [0, 0.05) is 38.9 Å². The molecule has 0 unspecified atom stereocenters. The zero-order valence-electron chi connectivity index (χ0n) is 15.7. The molecule has 150 valence electrons. The molecule has 1 atom stereocenters. The largest absolute Gasteiger partial charge is 0.379 e. The topological polar surface area (TPSA) is 91.8 Å². The minimum Gasteiger partial charge on any atom is -0.379 e. The second-order valence-corrected chi connectivity index (χ2v) is 9.40. The Morgan fingerprint density at radius 2 is 2.04 bits per heavy atom. The normalized spacial score (nSPS) is 22.1. The SMILES string of the molecule is CN(C(=O)NC[C@@H](c1ccccn1)N1CCOCC1)C1CCS(=O)(=O)CC1. The minimum atomic E-state index is -2.94. The van der Waals surface area contributed by atoms with Crippen LogP contribution in [0.2, 0.25) is 0 Å². The van der Waals surface area contributed by atoms with Gasteiger partial charge in [-0.05, 0) is 25.0 Å². The monoisotopic (exact) mass is 396 g/mol. The van der Waals surface area contributed by atoms with E-state index in [2.05, 4.69) is 15.2 Å². The van der Waals surface area contributed by atoms with Crippen LogP contribution in [0.5, 0.6) is 0 Å². The maximum atomic E-state index is 12.6. The average molecular weight is 397 g/mol. The van der Waals surface area contributed by atoms with Crippen molar-refractivity contribution in [2.45, 2.75) is 24.9 Å². The van der Waals surface area contributed by atoms with Gasteiger partial charge in [-0.3, -0.25) is 9.88 Å². The van der Waals surface area contributed by atoms with Gasteiger partial charge < -0.3 is 15.0 Å². The summed E-state index contributed by atoms with van der Waals surface area (Å²) in [5.41, 5.74) is 0.922. The number of pyridine rings is 1. The molecule has 0 aliphatic carbocycles. The fraction of sp³-hybridized carbons (Fsp3) is 0.667. The molecule has 2 amide bonds. The van der Waals surface area contributed by atoms with Gasteiger partial charge in [0.1, 0.15) is 9.84 Å². The molecule has 9 heteroatoms. The van der Waals surface area contributed by atoms with Gasteiger partial charge in [0.2, 0.25) is 0 Å². The van der Waals surface area contributed by atoms with Crippen molar-refractivity contribution < 1.29 is 17.9 Å². The van der Waals surface area contributed by atoms with Crippen molar-refractivity contribution in [2.75, 3.05) is 51.4 Å². The van der Waals surface area contributed by atoms with Crippen molar-refractivity contribution in [3.05, 3.63) is 30.1 Å². The molecular weight excluding hydrogens is 368 g/mol. The van der Waals surface area contributed by atoms with Crippen LogP contribution < -0.4 is 5.32 Å². The minimum absolute atomic E-state index is 0.0146.